The molecule has 108 valence electrons. The number of carboxylic acid groups (broad SMARTS) is 1. The number of nitrogens with one attached hydrogen (secondary N) is 1. The molecule has 0 aromatic heterocycles. The number of likely N-dealkylation sites (tertiary alicyclic amines) is 1. The molecule has 19 heavy (non-hydrogen) atoms. The number of hydrogen-bond donors (Lipinski definition) is 2. The zero-order chi connectivity index (χ0) is 13.9. The van der Waals surface area contributed by atoms with Crippen LogP contribution in [0.15, 0.2) is 0 Å². The van der Waals surface area contributed by atoms with Crippen molar-refractivity contribution in [3.63, 3.8) is 0 Å². The molecule has 2 heterocycles. The Morgan fingerprint density at radius 2 is 2.16 bits per heavy atom. The van der Waals surface area contributed by atoms with E-state index in [4.69, 9.17) is 0 Å². The van der Waals surface area contributed by atoms with Crippen LogP contribution in [0.25, 0.3) is 0 Å². The highest BCUT2D eigenvalue weighted by Gasteiger charge is 2.43. The van der Waals surface area contributed by atoms with Gasteiger partial charge in [-0.25, -0.2) is 0 Å². The number of rotatable bonds is 5. The van der Waals surface area contributed by atoms with E-state index >= 15 is 0 Å². The fourth-order valence-electron chi connectivity index (χ4n) is 3.18. The van der Waals surface area contributed by atoms with Crippen LogP contribution in [0.2, 0.25) is 0 Å². The number of carbonyl (C=O) groups excluding carboxylic acids is 1. The van der Waals surface area contributed by atoms with E-state index in [0.717, 1.165) is 32.5 Å². The molecule has 5 nitrogen and oxygen atoms in total. The van der Waals surface area contributed by atoms with Crippen LogP contribution in [0.5, 0.6) is 0 Å². The first-order valence-electron chi connectivity index (χ1n) is 7.29. The highest BCUT2D eigenvalue weighted by Crippen LogP contribution is 2.35. The summed E-state index contributed by atoms with van der Waals surface area (Å²) in [6.45, 7) is 4.95. The first-order chi connectivity index (χ1) is 9.07. The minimum absolute atomic E-state index is 0.132. The molecule has 2 N–H and O–H groups in total. The molecule has 2 fully saturated rings. The topological polar surface area (TPSA) is 69.6 Å². The average molecular weight is 268 g/mol. The normalized spacial score (nSPS) is 27.9. The van der Waals surface area contributed by atoms with Crippen molar-refractivity contribution in [1.29, 1.82) is 0 Å². The van der Waals surface area contributed by atoms with Gasteiger partial charge in [0.2, 0.25) is 5.91 Å². The van der Waals surface area contributed by atoms with Gasteiger partial charge in [-0.1, -0.05) is 13.3 Å². The zero-order valence-electron chi connectivity index (χ0n) is 11.7. The second kappa shape index (κ2) is 5.90. The quantitative estimate of drug-likeness (QED) is 0.783. The van der Waals surface area contributed by atoms with Crippen molar-refractivity contribution in [1.82, 2.24) is 10.2 Å². The van der Waals surface area contributed by atoms with Gasteiger partial charge in [0.15, 0.2) is 0 Å². The van der Waals surface area contributed by atoms with Crippen LogP contribution >= 0.6 is 0 Å². The lowest BCUT2D eigenvalue weighted by Crippen LogP contribution is -2.51. The minimum Gasteiger partial charge on any atom is -0.481 e. The monoisotopic (exact) mass is 268 g/mol. The molecule has 2 saturated heterocycles. The summed E-state index contributed by atoms with van der Waals surface area (Å²) in [5.74, 6) is -0.162. The van der Waals surface area contributed by atoms with E-state index in [1.165, 1.54) is 0 Å². The predicted octanol–water partition coefficient (Wildman–Crippen LogP) is 1.09. The highest BCUT2D eigenvalue weighted by atomic mass is 16.4. The van der Waals surface area contributed by atoms with E-state index in [2.05, 4.69) is 5.32 Å². The summed E-state index contributed by atoms with van der Waals surface area (Å²) < 4.78 is 0. The van der Waals surface area contributed by atoms with Gasteiger partial charge in [-0.05, 0) is 38.3 Å². The maximum atomic E-state index is 12.2. The molecule has 1 unspecified atom stereocenters. The van der Waals surface area contributed by atoms with Crippen molar-refractivity contribution in [2.45, 2.75) is 39.0 Å². The van der Waals surface area contributed by atoms with Crippen LogP contribution in [0.3, 0.4) is 0 Å². The lowest BCUT2D eigenvalue weighted by molar-refractivity contribution is -0.155. The second-order valence-electron chi connectivity index (χ2n) is 5.98. The summed E-state index contributed by atoms with van der Waals surface area (Å²) >= 11 is 0. The Balaban J connectivity index is 1.97. The molecule has 2 rings (SSSR count). The van der Waals surface area contributed by atoms with Gasteiger partial charge in [-0.3, -0.25) is 9.59 Å². The molecule has 5 heteroatoms. The lowest BCUT2D eigenvalue weighted by Gasteiger charge is -2.41. The van der Waals surface area contributed by atoms with Crippen LogP contribution < -0.4 is 5.32 Å². The second-order valence-corrected chi connectivity index (χ2v) is 5.98. The summed E-state index contributed by atoms with van der Waals surface area (Å²) in [5, 5.41) is 12.7. The van der Waals surface area contributed by atoms with Crippen molar-refractivity contribution in [3.05, 3.63) is 0 Å². The molecule has 1 atom stereocenters. The van der Waals surface area contributed by atoms with E-state index in [9.17, 15) is 14.7 Å². The Morgan fingerprint density at radius 3 is 2.68 bits per heavy atom. The number of nitrogens with zero attached hydrogens (tertiary/aromatic N) is 1. The van der Waals surface area contributed by atoms with Crippen LogP contribution in [-0.2, 0) is 9.59 Å². The van der Waals surface area contributed by atoms with Crippen LogP contribution in [0.4, 0.5) is 0 Å². The predicted molar refractivity (Wildman–Crippen MR) is 71.8 cm³/mol. The third-order valence-electron chi connectivity index (χ3n) is 4.44. The van der Waals surface area contributed by atoms with Gasteiger partial charge in [0.25, 0.3) is 0 Å². The summed E-state index contributed by atoms with van der Waals surface area (Å²) in [7, 11) is 0. The fraction of sp³-hybridized carbons (Fsp3) is 0.857. The third-order valence-corrected chi connectivity index (χ3v) is 4.44. The van der Waals surface area contributed by atoms with Crippen LogP contribution in [0.1, 0.15) is 39.0 Å². The molecule has 0 aliphatic carbocycles. The van der Waals surface area contributed by atoms with Gasteiger partial charge < -0.3 is 15.3 Å². The van der Waals surface area contributed by atoms with Gasteiger partial charge in [0.05, 0.1) is 5.41 Å². The lowest BCUT2D eigenvalue weighted by atomic mass is 9.76. The Hall–Kier alpha value is -1.10. The minimum atomic E-state index is -0.739. The number of amides is 1. The van der Waals surface area contributed by atoms with Crippen molar-refractivity contribution in [2.24, 2.45) is 11.3 Å². The molecular formula is C14H24N2O3. The number of hydrogen-bond acceptors (Lipinski definition) is 3. The van der Waals surface area contributed by atoms with Crippen LogP contribution in [0, 0.1) is 11.3 Å². The van der Waals surface area contributed by atoms with Crippen molar-refractivity contribution in [2.75, 3.05) is 26.2 Å². The number of piperidine rings is 1. The van der Waals surface area contributed by atoms with Gasteiger partial charge >= 0.3 is 5.97 Å². The van der Waals surface area contributed by atoms with Gasteiger partial charge in [-0.2, -0.15) is 0 Å². The molecule has 0 aromatic carbocycles. The van der Waals surface area contributed by atoms with E-state index in [-0.39, 0.29) is 5.91 Å². The SMILES string of the molecule is CCCC1(C(=O)O)CCCN(C(=O)CC2CNC2)C1. The smallest absolute Gasteiger partial charge is 0.311 e. The fourth-order valence-corrected chi connectivity index (χ4v) is 3.18. The molecule has 0 bridgehead atoms. The van der Waals surface area contributed by atoms with Crippen LogP contribution in [-0.4, -0.2) is 48.1 Å². The highest BCUT2D eigenvalue weighted by molar-refractivity contribution is 5.80. The van der Waals surface area contributed by atoms with Crippen molar-refractivity contribution < 1.29 is 14.7 Å². The summed E-state index contributed by atoms with van der Waals surface area (Å²) in [6, 6.07) is 0. The van der Waals surface area contributed by atoms with E-state index in [0.29, 0.717) is 31.7 Å². The van der Waals surface area contributed by atoms with Gasteiger partial charge in [0.1, 0.15) is 0 Å². The first-order valence-corrected chi connectivity index (χ1v) is 7.29. The number of carbonyl (C=O) groups is 2. The molecule has 2 aliphatic rings. The summed E-state index contributed by atoms with van der Waals surface area (Å²) in [5.41, 5.74) is -0.708. The molecular weight excluding hydrogens is 244 g/mol. The van der Waals surface area contributed by atoms with E-state index in [1.807, 2.05) is 6.92 Å². The zero-order valence-corrected chi connectivity index (χ0v) is 11.7. The maximum Gasteiger partial charge on any atom is 0.311 e. The van der Waals surface area contributed by atoms with E-state index in [1.54, 1.807) is 4.90 Å². The van der Waals surface area contributed by atoms with Gasteiger partial charge in [0, 0.05) is 19.5 Å². The molecule has 2 aliphatic heterocycles. The average Bonchev–Trinajstić information content (AvgIpc) is 2.34. The molecule has 0 radical (unpaired) electrons. The summed E-state index contributed by atoms with van der Waals surface area (Å²) in [6.07, 6.45) is 3.58. The number of aliphatic carboxylic acids is 1. The number of carboxylic acids is 1. The van der Waals surface area contributed by atoms with Crippen molar-refractivity contribution >= 4 is 11.9 Å². The Labute approximate surface area is 114 Å². The molecule has 1 amide bonds. The third kappa shape index (κ3) is 3.08. The Bertz CT molecular complexity index is 351. The van der Waals surface area contributed by atoms with Gasteiger partial charge in [-0.15, -0.1) is 0 Å². The van der Waals surface area contributed by atoms with Crippen molar-refractivity contribution in [3.8, 4) is 0 Å². The largest absolute Gasteiger partial charge is 0.481 e. The molecule has 0 saturated carbocycles. The Kier molecular flexibility index (Phi) is 4.45. The van der Waals surface area contributed by atoms with E-state index < -0.39 is 11.4 Å². The first kappa shape index (κ1) is 14.3. The molecule has 0 spiro atoms. The standard InChI is InChI=1S/C14H24N2O3/c1-2-4-14(13(18)19)5-3-6-16(10-14)12(17)7-11-8-15-9-11/h11,15H,2-10H2,1H3,(H,18,19). The molecule has 0 aromatic rings. The Morgan fingerprint density at radius 1 is 1.42 bits per heavy atom. The maximum absolute atomic E-state index is 12.2. The summed E-state index contributed by atoms with van der Waals surface area (Å²) in [4.78, 5) is 25.6.